The van der Waals surface area contributed by atoms with Crippen LogP contribution in [0.5, 0.6) is 0 Å². The highest BCUT2D eigenvalue weighted by Gasteiger charge is 2.20. The van der Waals surface area contributed by atoms with Crippen molar-refractivity contribution in [3.8, 4) is 6.07 Å². The van der Waals surface area contributed by atoms with Crippen LogP contribution < -0.4 is 10.9 Å². The zero-order valence-corrected chi connectivity index (χ0v) is 17.2. The zero-order valence-electron chi connectivity index (χ0n) is 16.4. The standard InChI is InChI=1S/C22H22N4O2S/c1-3-4-13-26-21(28)17-10-6-8-12-19(17)25-22(26)29-15(2)20(27)24-18-11-7-5-9-16(18)14-23/h5-12,15H,3-4,13H2,1-2H3,(H,24,27). The first-order valence-electron chi connectivity index (χ1n) is 9.51. The summed E-state index contributed by atoms with van der Waals surface area (Å²) in [5.74, 6) is -0.248. The Morgan fingerprint density at radius 3 is 2.72 bits per heavy atom. The number of benzene rings is 2. The highest BCUT2D eigenvalue weighted by molar-refractivity contribution is 8.00. The molecule has 0 radical (unpaired) electrons. The molecule has 0 saturated heterocycles. The molecule has 1 N–H and O–H groups in total. The fourth-order valence-electron chi connectivity index (χ4n) is 2.89. The van der Waals surface area contributed by atoms with Crippen LogP contribution >= 0.6 is 11.8 Å². The van der Waals surface area contributed by atoms with Crippen molar-refractivity contribution in [1.29, 1.82) is 5.26 Å². The molecule has 0 aliphatic heterocycles. The molecular weight excluding hydrogens is 384 g/mol. The van der Waals surface area contributed by atoms with E-state index in [0.717, 1.165) is 12.8 Å². The van der Waals surface area contributed by atoms with Crippen molar-refractivity contribution in [3.63, 3.8) is 0 Å². The number of para-hydroxylation sites is 2. The van der Waals surface area contributed by atoms with Crippen LogP contribution in [0, 0.1) is 11.3 Å². The van der Waals surface area contributed by atoms with E-state index in [-0.39, 0.29) is 11.5 Å². The second-order valence-electron chi connectivity index (χ2n) is 6.63. The molecule has 1 amide bonds. The van der Waals surface area contributed by atoms with Crippen LogP contribution in [0.1, 0.15) is 32.3 Å². The number of nitrogens with zero attached hydrogens (tertiary/aromatic N) is 3. The number of thioether (sulfide) groups is 1. The van der Waals surface area contributed by atoms with Gasteiger partial charge in [0.25, 0.3) is 5.56 Å². The molecular formula is C22H22N4O2S. The van der Waals surface area contributed by atoms with Gasteiger partial charge in [-0.15, -0.1) is 0 Å². The van der Waals surface area contributed by atoms with Crippen LogP contribution in [0.15, 0.2) is 58.5 Å². The molecule has 0 aliphatic rings. The quantitative estimate of drug-likeness (QED) is 0.470. The lowest BCUT2D eigenvalue weighted by Crippen LogP contribution is -2.27. The van der Waals surface area contributed by atoms with Crippen molar-refractivity contribution in [2.45, 2.75) is 43.6 Å². The summed E-state index contributed by atoms with van der Waals surface area (Å²) in [6.07, 6.45) is 1.80. The number of anilines is 1. The fraction of sp³-hybridized carbons (Fsp3) is 0.273. The predicted molar refractivity (Wildman–Crippen MR) is 116 cm³/mol. The number of hydrogen-bond acceptors (Lipinski definition) is 5. The third-order valence-electron chi connectivity index (χ3n) is 4.52. The van der Waals surface area contributed by atoms with E-state index in [9.17, 15) is 14.9 Å². The Bertz CT molecular complexity index is 1130. The molecule has 0 aliphatic carbocycles. The first-order chi connectivity index (χ1) is 14.0. The number of carbonyl (C=O) groups excluding carboxylic acids is 1. The van der Waals surface area contributed by atoms with E-state index in [1.165, 1.54) is 11.8 Å². The maximum absolute atomic E-state index is 13.0. The van der Waals surface area contributed by atoms with Gasteiger partial charge in [-0.1, -0.05) is 49.4 Å². The molecule has 0 spiro atoms. The summed E-state index contributed by atoms with van der Waals surface area (Å²) in [7, 11) is 0. The van der Waals surface area contributed by atoms with Crippen molar-refractivity contribution >= 4 is 34.3 Å². The molecule has 1 atom stereocenters. The molecule has 3 aromatic rings. The molecule has 148 valence electrons. The molecule has 7 heteroatoms. The SMILES string of the molecule is CCCCn1c(SC(C)C(=O)Nc2ccccc2C#N)nc2ccccc2c1=O. The van der Waals surface area contributed by atoms with Crippen molar-refractivity contribution in [2.24, 2.45) is 0 Å². The normalized spacial score (nSPS) is 11.8. The van der Waals surface area contributed by atoms with Gasteiger partial charge in [0.15, 0.2) is 5.16 Å². The van der Waals surface area contributed by atoms with E-state index in [4.69, 9.17) is 0 Å². The molecule has 6 nitrogen and oxygen atoms in total. The van der Waals surface area contributed by atoms with Crippen LogP contribution in [-0.2, 0) is 11.3 Å². The average molecular weight is 407 g/mol. The Morgan fingerprint density at radius 2 is 1.97 bits per heavy atom. The van der Waals surface area contributed by atoms with Gasteiger partial charge < -0.3 is 5.32 Å². The monoisotopic (exact) mass is 406 g/mol. The molecule has 1 aromatic heterocycles. The second-order valence-corrected chi connectivity index (χ2v) is 7.94. The van der Waals surface area contributed by atoms with E-state index in [0.29, 0.717) is 33.9 Å². The number of amides is 1. The average Bonchev–Trinajstić information content (AvgIpc) is 2.74. The summed E-state index contributed by atoms with van der Waals surface area (Å²) in [5, 5.41) is 12.6. The molecule has 0 bridgehead atoms. The number of carbonyl (C=O) groups is 1. The summed E-state index contributed by atoms with van der Waals surface area (Å²) in [4.78, 5) is 30.3. The summed E-state index contributed by atoms with van der Waals surface area (Å²) in [6.45, 7) is 4.39. The number of unbranched alkanes of at least 4 members (excludes halogenated alkanes) is 1. The van der Waals surface area contributed by atoms with E-state index in [2.05, 4.69) is 23.3 Å². The lowest BCUT2D eigenvalue weighted by molar-refractivity contribution is -0.115. The maximum atomic E-state index is 13.0. The van der Waals surface area contributed by atoms with Gasteiger partial charge in [-0.2, -0.15) is 5.26 Å². The first-order valence-corrected chi connectivity index (χ1v) is 10.4. The largest absolute Gasteiger partial charge is 0.324 e. The van der Waals surface area contributed by atoms with Crippen molar-refractivity contribution in [2.75, 3.05) is 5.32 Å². The lowest BCUT2D eigenvalue weighted by atomic mass is 10.2. The summed E-state index contributed by atoms with van der Waals surface area (Å²) in [6, 6.07) is 16.2. The van der Waals surface area contributed by atoms with Gasteiger partial charge in [0, 0.05) is 6.54 Å². The minimum absolute atomic E-state index is 0.0889. The van der Waals surface area contributed by atoms with E-state index < -0.39 is 5.25 Å². The van der Waals surface area contributed by atoms with Gasteiger partial charge in [-0.25, -0.2) is 4.98 Å². The van der Waals surface area contributed by atoms with Gasteiger partial charge in [-0.3, -0.25) is 14.2 Å². The molecule has 2 aromatic carbocycles. The Morgan fingerprint density at radius 1 is 1.24 bits per heavy atom. The fourth-order valence-corrected chi connectivity index (χ4v) is 3.82. The number of nitriles is 1. The van der Waals surface area contributed by atoms with Crippen molar-refractivity contribution in [1.82, 2.24) is 9.55 Å². The van der Waals surface area contributed by atoms with Crippen molar-refractivity contribution < 1.29 is 4.79 Å². The number of aromatic nitrogens is 2. The molecule has 29 heavy (non-hydrogen) atoms. The maximum Gasteiger partial charge on any atom is 0.262 e. The van der Waals surface area contributed by atoms with Crippen molar-refractivity contribution in [3.05, 3.63) is 64.4 Å². The van der Waals surface area contributed by atoms with Crippen LogP contribution in [0.2, 0.25) is 0 Å². The second kappa shape index (κ2) is 9.39. The summed E-state index contributed by atoms with van der Waals surface area (Å²) < 4.78 is 1.66. The van der Waals surface area contributed by atoms with Gasteiger partial charge in [-0.05, 0) is 37.6 Å². The summed E-state index contributed by atoms with van der Waals surface area (Å²) in [5.41, 5.74) is 1.41. The topological polar surface area (TPSA) is 87.8 Å². The summed E-state index contributed by atoms with van der Waals surface area (Å²) >= 11 is 1.25. The highest BCUT2D eigenvalue weighted by Crippen LogP contribution is 2.24. The van der Waals surface area contributed by atoms with Crippen LogP contribution in [0.3, 0.4) is 0 Å². The van der Waals surface area contributed by atoms with E-state index >= 15 is 0 Å². The predicted octanol–water partition coefficient (Wildman–Crippen LogP) is 4.19. The number of rotatable bonds is 7. The Balaban J connectivity index is 1.89. The minimum Gasteiger partial charge on any atom is -0.324 e. The molecule has 1 heterocycles. The zero-order chi connectivity index (χ0) is 20.8. The number of nitrogens with one attached hydrogen (secondary N) is 1. The molecule has 0 fully saturated rings. The Kier molecular flexibility index (Phi) is 6.68. The Labute approximate surface area is 173 Å². The number of fused-ring (bicyclic) bond motifs is 1. The minimum atomic E-state index is -0.498. The number of hydrogen-bond donors (Lipinski definition) is 1. The molecule has 3 rings (SSSR count). The van der Waals surface area contributed by atoms with Crippen LogP contribution in [0.4, 0.5) is 5.69 Å². The van der Waals surface area contributed by atoms with Gasteiger partial charge in [0.05, 0.1) is 27.4 Å². The molecule has 0 saturated carbocycles. The van der Waals surface area contributed by atoms with Crippen LogP contribution in [0.25, 0.3) is 10.9 Å². The smallest absolute Gasteiger partial charge is 0.262 e. The lowest BCUT2D eigenvalue weighted by Gasteiger charge is -2.16. The Hall–Kier alpha value is -3.11. The third-order valence-corrected chi connectivity index (χ3v) is 5.61. The van der Waals surface area contributed by atoms with Gasteiger partial charge in [0.2, 0.25) is 5.91 Å². The van der Waals surface area contributed by atoms with E-state index in [1.54, 1.807) is 47.9 Å². The first kappa shape index (κ1) is 20.6. The van der Waals surface area contributed by atoms with E-state index in [1.807, 2.05) is 12.1 Å². The van der Waals surface area contributed by atoms with Gasteiger partial charge >= 0.3 is 0 Å². The van der Waals surface area contributed by atoms with Gasteiger partial charge in [0.1, 0.15) is 6.07 Å². The third kappa shape index (κ3) is 4.66. The molecule has 1 unspecified atom stereocenters. The highest BCUT2D eigenvalue weighted by atomic mass is 32.2. The van der Waals surface area contributed by atoms with Crippen LogP contribution in [-0.4, -0.2) is 20.7 Å².